The summed E-state index contributed by atoms with van der Waals surface area (Å²) >= 11 is 4.30. The van der Waals surface area contributed by atoms with Crippen LogP contribution in [0.25, 0.3) is 0 Å². The molecule has 0 amide bonds. The van der Waals surface area contributed by atoms with Crippen molar-refractivity contribution in [3.63, 3.8) is 0 Å². The van der Waals surface area contributed by atoms with Crippen LogP contribution in [0.4, 0.5) is 0 Å². The third-order valence-corrected chi connectivity index (χ3v) is 2.95. The summed E-state index contributed by atoms with van der Waals surface area (Å²) in [4.78, 5) is 2.57. The maximum absolute atomic E-state index is 4.30. The lowest BCUT2D eigenvalue weighted by Gasteiger charge is -2.22. The molecule has 0 aliphatic rings. The zero-order valence-corrected chi connectivity index (χ0v) is 10.3. The van der Waals surface area contributed by atoms with Crippen LogP contribution in [0.2, 0.25) is 0 Å². The van der Waals surface area contributed by atoms with Crippen LogP contribution in [0.15, 0.2) is 0 Å². The predicted molar refractivity (Wildman–Crippen MR) is 64.7 cm³/mol. The van der Waals surface area contributed by atoms with Crippen molar-refractivity contribution in [3.8, 4) is 0 Å². The minimum Gasteiger partial charge on any atom is -0.303 e. The van der Waals surface area contributed by atoms with Crippen LogP contribution in [0.1, 0.15) is 40.0 Å². The third kappa shape index (κ3) is 7.39. The van der Waals surface area contributed by atoms with Crippen molar-refractivity contribution >= 4 is 12.6 Å². The lowest BCUT2D eigenvalue weighted by atomic mass is 10.1. The second-order valence-electron chi connectivity index (χ2n) is 3.92. The normalized spacial score (nSPS) is 13.6. The van der Waals surface area contributed by atoms with E-state index in [1.54, 1.807) is 0 Å². The Kier molecular flexibility index (Phi) is 9.10. The number of nitrogens with zero attached hydrogens (tertiary/aromatic N) is 1. The van der Waals surface area contributed by atoms with Gasteiger partial charge in [0.15, 0.2) is 0 Å². The molecule has 0 heterocycles. The van der Waals surface area contributed by atoms with Crippen molar-refractivity contribution < 1.29 is 0 Å². The smallest absolute Gasteiger partial charge is 0.00159 e. The molecule has 0 aromatic rings. The molecule has 0 aliphatic carbocycles. The number of thiol groups is 1. The van der Waals surface area contributed by atoms with Crippen LogP contribution in [-0.4, -0.2) is 30.3 Å². The Balaban J connectivity index is 3.55. The van der Waals surface area contributed by atoms with Gasteiger partial charge >= 0.3 is 0 Å². The average molecular weight is 203 g/mol. The summed E-state index contributed by atoms with van der Waals surface area (Å²) in [5.41, 5.74) is 0. The summed E-state index contributed by atoms with van der Waals surface area (Å²) in [5.74, 6) is 1.78. The predicted octanol–water partition coefficient (Wildman–Crippen LogP) is 3.06. The molecule has 13 heavy (non-hydrogen) atoms. The molecule has 0 aliphatic heterocycles. The van der Waals surface area contributed by atoms with Gasteiger partial charge in [0.1, 0.15) is 0 Å². The fourth-order valence-corrected chi connectivity index (χ4v) is 1.64. The fraction of sp³-hybridized carbons (Fsp3) is 1.00. The van der Waals surface area contributed by atoms with Gasteiger partial charge in [0, 0.05) is 0 Å². The van der Waals surface area contributed by atoms with Crippen molar-refractivity contribution in [1.29, 1.82) is 0 Å². The highest BCUT2D eigenvalue weighted by atomic mass is 32.1. The molecule has 1 nitrogen and oxygen atoms in total. The van der Waals surface area contributed by atoms with Crippen LogP contribution < -0.4 is 0 Å². The molecule has 1 unspecified atom stereocenters. The van der Waals surface area contributed by atoms with Crippen molar-refractivity contribution in [2.75, 3.05) is 25.4 Å². The van der Waals surface area contributed by atoms with E-state index in [9.17, 15) is 0 Å². The molecule has 0 bridgehead atoms. The summed E-state index contributed by atoms with van der Waals surface area (Å²) in [6, 6.07) is 0. The molecule has 0 aromatic heterocycles. The van der Waals surface area contributed by atoms with E-state index in [1.165, 1.54) is 38.9 Å². The van der Waals surface area contributed by atoms with E-state index in [-0.39, 0.29) is 0 Å². The molecule has 2 heteroatoms. The van der Waals surface area contributed by atoms with Gasteiger partial charge in [-0.05, 0) is 50.6 Å². The van der Waals surface area contributed by atoms with E-state index >= 15 is 0 Å². The van der Waals surface area contributed by atoms with Crippen molar-refractivity contribution in [2.45, 2.75) is 40.0 Å². The molecule has 0 N–H and O–H groups in total. The summed E-state index contributed by atoms with van der Waals surface area (Å²) < 4.78 is 0. The van der Waals surface area contributed by atoms with Crippen LogP contribution in [0.5, 0.6) is 0 Å². The standard InChI is InChI=1S/C11H25NS/c1-4-7-12(8-5-2)9-6-11(3)10-13/h11,13H,4-10H2,1-3H3. The second-order valence-corrected chi connectivity index (χ2v) is 4.28. The molecule has 0 radical (unpaired) electrons. The van der Waals surface area contributed by atoms with Crippen LogP contribution in [0, 0.1) is 5.92 Å². The second kappa shape index (κ2) is 8.89. The first-order chi connectivity index (χ1) is 6.24. The van der Waals surface area contributed by atoms with Crippen molar-refractivity contribution in [3.05, 3.63) is 0 Å². The maximum Gasteiger partial charge on any atom is -0.00159 e. The SMILES string of the molecule is CCCN(CCC)CCC(C)CS. The van der Waals surface area contributed by atoms with Gasteiger partial charge in [-0.25, -0.2) is 0 Å². The Morgan fingerprint density at radius 2 is 1.62 bits per heavy atom. The highest BCUT2D eigenvalue weighted by Crippen LogP contribution is 2.06. The third-order valence-electron chi connectivity index (χ3n) is 2.33. The van der Waals surface area contributed by atoms with Crippen molar-refractivity contribution in [1.82, 2.24) is 4.90 Å². The van der Waals surface area contributed by atoms with Gasteiger partial charge < -0.3 is 4.90 Å². The van der Waals surface area contributed by atoms with E-state index in [2.05, 4.69) is 38.3 Å². The Morgan fingerprint density at radius 3 is 2.00 bits per heavy atom. The van der Waals surface area contributed by atoms with E-state index in [1.807, 2.05) is 0 Å². The zero-order valence-electron chi connectivity index (χ0n) is 9.42. The van der Waals surface area contributed by atoms with E-state index in [0.717, 1.165) is 11.7 Å². The molecule has 0 aromatic carbocycles. The molecule has 0 saturated carbocycles. The quantitative estimate of drug-likeness (QED) is 0.593. The van der Waals surface area contributed by atoms with E-state index in [0.29, 0.717) is 0 Å². The molecule has 0 saturated heterocycles. The summed E-state index contributed by atoms with van der Waals surface area (Å²) in [5, 5.41) is 0. The van der Waals surface area contributed by atoms with Crippen LogP contribution in [-0.2, 0) is 0 Å². The largest absolute Gasteiger partial charge is 0.303 e. The first-order valence-corrected chi connectivity index (χ1v) is 6.21. The van der Waals surface area contributed by atoms with Gasteiger partial charge in [-0.1, -0.05) is 20.8 Å². The molecule has 80 valence electrons. The number of hydrogen-bond acceptors (Lipinski definition) is 2. The number of rotatable bonds is 8. The highest BCUT2D eigenvalue weighted by molar-refractivity contribution is 7.80. The molecule has 0 spiro atoms. The van der Waals surface area contributed by atoms with Gasteiger partial charge in [-0.3, -0.25) is 0 Å². The van der Waals surface area contributed by atoms with Gasteiger partial charge in [0.2, 0.25) is 0 Å². The summed E-state index contributed by atoms with van der Waals surface area (Å²) in [7, 11) is 0. The highest BCUT2D eigenvalue weighted by Gasteiger charge is 2.04. The number of hydrogen-bond donors (Lipinski definition) is 1. The topological polar surface area (TPSA) is 3.24 Å². The minimum absolute atomic E-state index is 0.763. The summed E-state index contributed by atoms with van der Waals surface area (Å²) in [6.07, 6.45) is 3.84. The Bertz CT molecular complexity index is 100. The summed E-state index contributed by atoms with van der Waals surface area (Å²) in [6.45, 7) is 10.6. The first kappa shape index (κ1) is 13.3. The fourth-order valence-electron chi connectivity index (χ4n) is 1.46. The Hall–Kier alpha value is 0.310. The van der Waals surface area contributed by atoms with Crippen molar-refractivity contribution in [2.24, 2.45) is 5.92 Å². The molecular weight excluding hydrogens is 178 g/mol. The van der Waals surface area contributed by atoms with E-state index < -0.39 is 0 Å². The molecule has 1 atom stereocenters. The molecule has 0 rings (SSSR count). The molecular formula is C11H25NS. The Morgan fingerprint density at radius 1 is 1.08 bits per heavy atom. The first-order valence-electron chi connectivity index (χ1n) is 5.57. The lowest BCUT2D eigenvalue weighted by molar-refractivity contribution is 0.259. The molecule has 0 fully saturated rings. The van der Waals surface area contributed by atoms with Gasteiger partial charge in [-0.15, -0.1) is 0 Å². The van der Waals surface area contributed by atoms with Crippen LogP contribution >= 0.6 is 12.6 Å². The Labute approximate surface area is 89.3 Å². The van der Waals surface area contributed by atoms with Gasteiger partial charge in [0.05, 0.1) is 0 Å². The van der Waals surface area contributed by atoms with Gasteiger partial charge in [0.25, 0.3) is 0 Å². The minimum atomic E-state index is 0.763. The monoisotopic (exact) mass is 203 g/mol. The lowest BCUT2D eigenvalue weighted by Crippen LogP contribution is -2.27. The average Bonchev–Trinajstić information content (AvgIpc) is 2.14. The maximum atomic E-state index is 4.30. The zero-order chi connectivity index (χ0) is 10.1. The van der Waals surface area contributed by atoms with Crippen LogP contribution in [0.3, 0.4) is 0 Å². The van der Waals surface area contributed by atoms with Gasteiger partial charge in [-0.2, -0.15) is 12.6 Å². The van der Waals surface area contributed by atoms with E-state index in [4.69, 9.17) is 0 Å².